The number of carbonyl (C=O) groups is 3. The SMILES string of the molecule is CC(C)C(=O)N1CCC=C(c2cc(-c3ccc([C@@H]4CCN(C(=O)OC(C)(C)C)CC4(F)F)cc3F)c3cc(C(=O)N(C)C)[nH]c3c2F)C1. The van der Waals surface area contributed by atoms with Gasteiger partial charge in [0.25, 0.3) is 11.8 Å². The maximum atomic E-state index is 16.3. The van der Waals surface area contributed by atoms with E-state index in [0.717, 1.165) is 11.0 Å². The van der Waals surface area contributed by atoms with Crippen LogP contribution in [0.2, 0.25) is 0 Å². The van der Waals surface area contributed by atoms with Crippen molar-refractivity contribution in [3.05, 3.63) is 64.9 Å². The normalized spacial score (nSPS) is 18.2. The molecule has 12 heteroatoms. The Kier molecular flexibility index (Phi) is 9.42. The van der Waals surface area contributed by atoms with Crippen LogP contribution in [0.5, 0.6) is 0 Å². The van der Waals surface area contributed by atoms with Gasteiger partial charge in [-0.1, -0.05) is 32.1 Å². The fourth-order valence-electron chi connectivity index (χ4n) is 6.36. The number of likely N-dealkylation sites (tertiary alicyclic amines) is 1. The molecule has 258 valence electrons. The molecule has 1 aromatic heterocycles. The molecular formula is C36H42F4N4O4. The van der Waals surface area contributed by atoms with Crippen molar-refractivity contribution in [1.29, 1.82) is 0 Å². The van der Waals surface area contributed by atoms with Gasteiger partial charge >= 0.3 is 6.09 Å². The van der Waals surface area contributed by atoms with Gasteiger partial charge in [0.15, 0.2) is 5.82 Å². The molecule has 0 aliphatic carbocycles. The second kappa shape index (κ2) is 12.9. The molecule has 2 aromatic carbocycles. The number of halogens is 4. The highest BCUT2D eigenvalue weighted by atomic mass is 19.3. The number of rotatable bonds is 5. The van der Waals surface area contributed by atoms with E-state index in [4.69, 9.17) is 4.74 Å². The van der Waals surface area contributed by atoms with Crippen molar-refractivity contribution in [2.75, 3.05) is 40.3 Å². The van der Waals surface area contributed by atoms with Gasteiger partial charge in [-0.05, 0) is 68.5 Å². The number of hydrogen-bond acceptors (Lipinski definition) is 4. The van der Waals surface area contributed by atoms with E-state index in [1.807, 2.05) is 6.08 Å². The Morgan fingerprint density at radius 3 is 2.31 bits per heavy atom. The first-order valence-electron chi connectivity index (χ1n) is 16.1. The highest BCUT2D eigenvalue weighted by molar-refractivity contribution is 6.04. The molecule has 8 nitrogen and oxygen atoms in total. The molecule has 3 heterocycles. The Bertz CT molecular complexity index is 1790. The molecule has 1 atom stereocenters. The molecule has 3 aromatic rings. The number of hydrogen-bond donors (Lipinski definition) is 1. The Morgan fingerprint density at radius 2 is 1.71 bits per heavy atom. The minimum Gasteiger partial charge on any atom is -0.444 e. The highest BCUT2D eigenvalue weighted by Gasteiger charge is 2.47. The van der Waals surface area contributed by atoms with Crippen LogP contribution < -0.4 is 0 Å². The molecule has 48 heavy (non-hydrogen) atoms. The van der Waals surface area contributed by atoms with Crippen LogP contribution in [-0.2, 0) is 9.53 Å². The standard InChI is InChI=1S/C36H42F4N4O4/c1-20(2)32(45)43-13-8-9-22(18-43)24-16-25(26-17-29(33(46)42(6)7)41-31(26)30(24)38)23-11-10-21(15-28(23)37)27-12-14-44(19-36(27,39)40)34(47)48-35(3,4)5/h9-11,15-17,20,27,41H,8,12-14,18-19H2,1-7H3/t27-/m0/s1. The molecule has 0 spiro atoms. The number of aromatic amines is 1. The van der Waals surface area contributed by atoms with Crippen molar-refractivity contribution < 1.29 is 36.7 Å². The van der Waals surface area contributed by atoms with Gasteiger partial charge < -0.3 is 24.4 Å². The summed E-state index contributed by atoms with van der Waals surface area (Å²) in [6, 6.07) is 6.83. The zero-order chi connectivity index (χ0) is 35.3. The van der Waals surface area contributed by atoms with Gasteiger partial charge in [-0.25, -0.2) is 22.4 Å². The number of aromatic nitrogens is 1. The van der Waals surface area contributed by atoms with Gasteiger partial charge in [0.05, 0.1) is 18.0 Å². The Hall–Kier alpha value is -4.35. The third-order valence-corrected chi connectivity index (χ3v) is 8.73. The fraction of sp³-hybridized carbons (Fsp3) is 0.472. The van der Waals surface area contributed by atoms with E-state index in [2.05, 4.69) is 4.98 Å². The number of fused-ring (bicyclic) bond motifs is 1. The van der Waals surface area contributed by atoms with E-state index in [-0.39, 0.29) is 70.2 Å². The summed E-state index contributed by atoms with van der Waals surface area (Å²) in [5, 5.41) is 0.246. The van der Waals surface area contributed by atoms with Crippen molar-refractivity contribution in [2.24, 2.45) is 5.92 Å². The first-order valence-corrected chi connectivity index (χ1v) is 16.1. The number of ether oxygens (including phenoxy) is 1. The van der Waals surface area contributed by atoms with Crippen LogP contribution in [0.3, 0.4) is 0 Å². The molecule has 0 radical (unpaired) electrons. The summed E-state index contributed by atoms with van der Waals surface area (Å²) >= 11 is 0. The van der Waals surface area contributed by atoms with Crippen LogP contribution in [0.1, 0.15) is 75.0 Å². The van der Waals surface area contributed by atoms with E-state index >= 15 is 17.6 Å². The number of amides is 3. The Labute approximate surface area is 277 Å². The number of H-pyrrole nitrogens is 1. The van der Waals surface area contributed by atoms with Crippen molar-refractivity contribution in [3.8, 4) is 11.1 Å². The van der Waals surface area contributed by atoms with E-state index in [0.29, 0.717) is 18.5 Å². The molecule has 1 N–H and O–H groups in total. The lowest BCUT2D eigenvalue weighted by Gasteiger charge is -2.39. The predicted molar refractivity (Wildman–Crippen MR) is 176 cm³/mol. The van der Waals surface area contributed by atoms with Crippen LogP contribution in [0.25, 0.3) is 27.6 Å². The van der Waals surface area contributed by atoms with Gasteiger partial charge in [-0.3, -0.25) is 9.59 Å². The maximum absolute atomic E-state index is 16.3. The fourth-order valence-corrected chi connectivity index (χ4v) is 6.36. The number of nitrogens with one attached hydrogen (secondary N) is 1. The van der Waals surface area contributed by atoms with Crippen molar-refractivity contribution >= 4 is 34.4 Å². The summed E-state index contributed by atoms with van der Waals surface area (Å²) in [5.74, 6) is -6.89. The van der Waals surface area contributed by atoms with Crippen LogP contribution in [0.15, 0.2) is 36.4 Å². The molecular weight excluding hydrogens is 628 g/mol. The summed E-state index contributed by atoms with van der Waals surface area (Å²) in [5.41, 5.74) is 0.299. The van der Waals surface area contributed by atoms with E-state index < -0.39 is 47.6 Å². The smallest absolute Gasteiger partial charge is 0.410 e. The second-order valence-corrected chi connectivity index (χ2v) is 14.1. The number of benzene rings is 2. The number of piperidine rings is 1. The van der Waals surface area contributed by atoms with Crippen LogP contribution >= 0.6 is 0 Å². The minimum absolute atomic E-state index is 0.00886. The van der Waals surface area contributed by atoms with Crippen molar-refractivity contribution in [2.45, 2.75) is 64.9 Å². The largest absolute Gasteiger partial charge is 0.444 e. The van der Waals surface area contributed by atoms with E-state index in [9.17, 15) is 14.4 Å². The first kappa shape index (κ1) is 35.0. The minimum atomic E-state index is -3.35. The average Bonchev–Trinajstić information content (AvgIpc) is 3.45. The lowest BCUT2D eigenvalue weighted by atomic mass is 9.85. The molecule has 2 aliphatic rings. The third-order valence-electron chi connectivity index (χ3n) is 8.73. The molecule has 3 amide bonds. The lowest BCUT2D eigenvalue weighted by Crippen LogP contribution is -2.50. The molecule has 5 rings (SSSR count). The van der Waals surface area contributed by atoms with Gasteiger partial charge in [0.1, 0.15) is 17.1 Å². The highest BCUT2D eigenvalue weighted by Crippen LogP contribution is 2.43. The summed E-state index contributed by atoms with van der Waals surface area (Å²) < 4.78 is 68.6. The third kappa shape index (κ3) is 6.93. The van der Waals surface area contributed by atoms with Gasteiger partial charge in [-0.2, -0.15) is 0 Å². The zero-order valence-electron chi connectivity index (χ0n) is 28.3. The summed E-state index contributed by atoms with van der Waals surface area (Å²) in [6.45, 7) is 8.33. The van der Waals surface area contributed by atoms with Gasteiger partial charge in [0, 0.05) is 56.2 Å². The first-order chi connectivity index (χ1) is 22.4. The van der Waals surface area contributed by atoms with Gasteiger partial charge in [0.2, 0.25) is 5.91 Å². The van der Waals surface area contributed by atoms with Crippen LogP contribution in [-0.4, -0.2) is 89.4 Å². The maximum Gasteiger partial charge on any atom is 0.410 e. The molecule has 0 unspecified atom stereocenters. The molecule has 1 saturated heterocycles. The van der Waals surface area contributed by atoms with E-state index in [1.54, 1.807) is 53.6 Å². The summed E-state index contributed by atoms with van der Waals surface area (Å²) in [4.78, 5) is 44.9. The Morgan fingerprint density at radius 1 is 1.00 bits per heavy atom. The quantitative estimate of drug-likeness (QED) is 0.286. The van der Waals surface area contributed by atoms with Gasteiger partial charge in [-0.15, -0.1) is 0 Å². The van der Waals surface area contributed by atoms with Crippen LogP contribution in [0, 0.1) is 17.6 Å². The van der Waals surface area contributed by atoms with Crippen molar-refractivity contribution in [3.63, 3.8) is 0 Å². The summed E-state index contributed by atoms with van der Waals surface area (Å²) in [7, 11) is 3.10. The molecule has 0 saturated carbocycles. The average molecular weight is 671 g/mol. The lowest BCUT2D eigenvalue weighted by molar-refractivity contribution is -0.133. The summed E-state index contributed by atoms with van der Waals surface area (Å²) in [6.07, 6.45) is 1.41. The molecule has 2 aliphatic heterocycles. The monoisotopic (exact) mass is 670 g/mol. The second-order valence-electron chi connectivity index (χ2n) is 14.1. The molecule has 1 fully saturated rings. The number of alkyl halides is 2. The molecule has 0 bridgehead atoms. The zero-order valence-corrected chi connectivity index (χ0v) is 28.3. The number of nitrogens with zero attached hydrogens (tertiary/aromatic N) is 3. The number of carbonyl (C=O) groups excluding carboxylic acids is 3. The van der Waals surface area contributed by atoms with Crippen LogP contribution in [0.4, 0.5) is 22.4 Å². The predicted octanol–water partition coefficient (Wildman–Crippen LogP) is 7.45. The van der Waals surface area contributed by atoms with Crippen molar-refractivity contribution in [1.82, 2.24) is 19.7 Å². The van der Waals surface area contributed by atoms with E-state index in [1.165, 1.54) is 29.2 Å². The topological polar surface area (TPSA) is 86.0 Å². The Balaban J connectivity index is 1.55.